The van der Waals surface area contributed by atoms with Crippen LogP contribution >= 0.6 is 12.2 Å². The summed E-state index contributed by atoms with van der Waals surface area (Å²) in [4.78, 5) is 0.986. The van der Waals surface area contributed by atoms with Crippen molar-refractivity contribution in [3.8, 4) is 0 Å². The van der Waals surface area contributed by atoms with E-state index in [2.05, 4.69) is 20.8 Å². The summed E-state index contributed by atoms with van der Waals surface area (Å²) in [5, 5.41) is 10.6. The molecule has 1 aliphatic carbocycles. The molecule has 0 heterocycles. The SMILES string of the molecule is CCCCCCCCC1=C(C)C(CCCCCCCC)C(=S)C(C)=C1O. The van der Waals surface area contributed by atoms with Crippen LogP contribution < -0.4 is 0 Å². The Balaban J connectivity index is 2.56. The topological polar surface area (TPSA) is 20.2 Å². The van der Waals surface area contributed by atoms with Crippen LogP contribution in [0.2, 0.25) is 0 Å². The molecule has 0 spiro atoms. The maximum absolute atomic E-state index is 10.6. The highest BCUT2D eigenvalue weighted by Gasteiger charge is 2.28. The van der Waals surface area contributed by atoms with E-state index in [1.54, 1.807) is 0 Å². The van der Waals surface area contributed by atoms with Gasteiger partial charge in [0.2, 0.25) is 0 Å². The highest BCUT2D eigenvalue weighted by Crippen LogP contribution is 2.37. The van der Waals surface area contributed by atoms with Gasteiger partial charge in [0.05, 0.1) is 0 Å². The van der Waals surface area contributed by atoms with Gasteiger partial charge in [-0.25, -0.2) is 0 Å². The molecule has 0 radical (unpaired) electrons. The predicted octanol–water partition coefficient (Wildman–Crippen LogP) is 8.64. The van der Waals surface area contributed by atoms with Gasteiger partial charge in [0.1, 0.15) is 5.76 Å². The van der Waals surface area contributed by atoms with E-state index >= 15 is 0 Å². The van der Waals surface area contributed by atoms with E-state index in [-0.39, 0.29) is 0 Å². The molecule has 150 valence electrons. The fourth-order valence-electron chi connectivity index (χ4n) is 4.07. The van der Waals surface area contributed by atoms with E-state index in [1.807, 2.05) is 6.92 Å². The number of aliphatic hydroxyl groups excluding tert-OH is 1. The number of thiocarbonyl (C=S) groups is 1. The summed E-state index contributed by atoms with van der Waals surface area (Å²) in [5.74, 6) is 0.863. The highest BCUT2D eigenvalue weighted by atomic mass is 32.1. The fraction of sp³-hybridized carbons (Fsp3) is 0.792. The van der Waals surface area contributed by atoms with Gasteiger partial charge in [0, 0.05) is 16.4 Å². The number of aliphatic hydroxyl groups is 1. The number of allylic oxidation sites excluding steroid dienone is 3. The van der Waals surface area contributed by atoms with E-state index in [1.165, 1.54) is 88.2 Å². The van der Waals surface area contributed by atoms with E-state index < -0.39 is 0 Å². The number of hydrogen-bond donors (Lipinski definition) is 1. The number of hydrogen-bond acceptors (Lipinski definition) is 2. The molecule has 0 saturated carbocycles. The van der Waals surface area contributed by atoms with Crippen LogP contribution in [-0.2, 0) is 0 Å². The Labute approximate surface area is 168 Å². The summed E-state index contributed by atoms with van der Waals surface area (Å²) in [6, 6.07) is 0. The standard InChI is InChI=1S/C24H42OS/c1-5-7-9-11-13-15-17-21-19(3)22(24(26)20(4)23(21)25)18-16-14-12-10-8-6-2/h22,25H,5-18H2,1-4H3. The number of unbranched alkanes of at least 4 members (excludes halogenated alkanes) is 10. The smallest absolute Gasteiger partial charge is 0.122 e. The summed E-state index contributed by atoms with van der Waals surface area (Å²) in [7, 11) is 0. The van der Waals surface area contributed by atoms with Gasteiger partial charge in [-0.2, -0.15) is 0 Å². The molecule has 1 aliphatic rings. The van der Waals surface area contributed by atoms with Crippen LogP contribution in [0.5, 0.6) is 0 Å². The largest absolute Gasteiger partial charge is 0.507 e. The van der Waals surface area contributed by atoms with Crippen molar-refractivity contribution >= 4 is 17.1 Å². The summed E-state index contributed by atoms with van der Waals surface area (Å²) >= 11 is 5.71. The molecule has 2 heteroatoms. The van der Waals surface area contributed by atoms with Crippen LogP contribution in [0, 0.1) is 5.92 Å². The molecule has 0 aliphatic heterocycles. The van der Waals surface area contributed by atoms with Crippen LogP contribution in [0.1, 0.15) is 118 Å². The summed E-state index contributed by atoms with van der Waals surface area (Å²) < 4.78 is 0. The zero-order chi connectivity index (χ0) is 19.4. The Morgan fingerprint density at radius 3 is 1.85 bits per heavy atom. The van der Waals surface area contributed by atoms with Crippen molar-refractivity contribution in [2.24, 2.45) is 5.92 Å². The third-order valence-corrected chi connectivity index (χ3v) is 6.54. The van der Waals surface area contributed by atoms with E-state index in [0.29, 0.717) is 11.7 Å². The molecule has 0 fully saturated rings. The van der Waals surface area contributed by atoms with Gasteiger partial charge in [-0.15, -0.1) is 0 Å². The van der Waals surface area contributed by atoms with E-state index in [9.17, 15) is 5.11 Å². The summed E-state index contributed by atoms with van der Waals surface area (Å²) in [6.45, 7) is 8.75. The molecule has 26 heavy (non-hydrogen) atoms. The van der Waals surface area contributed by atoms with Gasteiger partial charge >= 0.3 is 0 Å². The lowest BCUT2D eigenvalue weighted by molar-refractivity contribution is 0.406. The Bertz CT molecular complexity index is 486. The first kappa shape index (κ1) is 23.4. The first-order valence-corrected chi connectivity index (χ1v) is 11.6. The van der Waals surface area contributed by atoms with Gasteiger partial charge < -0.3 is 5.11 Å². The second-order valence-corrected chi connectivity index (χ2v) is 8.57. The average molecular weight is 379 g/mol. The molecule has 1 rings (SSSR count). The maximum atomic E-state index is 10.6. The second-order valence-electron chi connectivity index (χ2n) is 8.13. The highest BCUT2D eigenvalue weighted by molar-refractivity contribution is 7.80. The Morgan fingerprint density at radius 2 is 1.27 bits per heavy atom. The molecule has 1 unspecified atom stereocenters. The lowest BCUT2D eigenvalue weighted by Crippen LogP contribution is -2.23. The average Bonchev–Trinajstić information content (AvgIpc) is 2.64. The quantitative estimate of drug-likeness (QED) is 0.241. The lowest BCUT2D eigenvalue weighted by atomic mass is 9.78. The van der Waals surface area contributed by atoms with Crippen molar-refractivity contribution < 1.29 is 5.11 Å². The van der Waals surface area contributed by atoms with E-state index in [4.69, 9.17) is 12.2 Å². The van der Waals surface area contributed by atoms with Crippen LogP contribution in [0.4, 0.5) is 0 Å². The Kier molecular flexibility index (Phi) is 12.2. The second kappa shape index (κ2) is 13.5. The Morgan fingerprint density at radius 1 is 0.769 bits per heavy atom. The predicted molar refractivity (Wildman–Crippen MR) is 120 cm³/mol. The van der Waals surface area contributed by atoms with Crippen molar-refractivity contribution in [3.05, 3.63) is 22.5 Å². The molecule has 1 N–H and O–H groups in total. The normalized spacial score (nSPS) is 18.2. The van der Waals surface area contributed by atoms with Crippen LogP contribution in [0.25, 0.3) is 0 Å². The first-order valence-electron chi connectivity index (χ1n) is 11.2. The van der Waals surface area contributed by atoms with Crippen molar-refractivity contribution in [1.82, 2.24) is 0 Å². The zero-order valence-electron chi connectivity index (χ0n) is 17.8. The molecule has 0 aromatic rings. The van der Waals surface area contributed by atoms with Gasteiger partial charge in [-0.05, 0) is 38.7 Å². The molecule has 0 bridgehead atoms. The van der Waals surface area contributed by atoms with E-state index in [0.717, 1.165) is 23.3 Å². The van der Waals surface area contributed by atoms with Gasteiger partial charge in [0.25, 0.3) is 0 Å². The van der Waals surface area contributed by atoms with Gasteiger partial charge in [-0.3, -0.25) is 0 Å². The minimum absolute atomic E-state index is 0.377. The summed E-state index contributed by atoms with van der Waals surface area (Å²) in [5.41, 5.74) is 3.50. The molecule has 1 atom stereocenters. The van der Waals surface area contributed by atoms with Crippen LogP contribution in [0.3, 0.4) is 0 Å². The molecule has 1 nitrogen and oxygen atoms in total. The lowest BCUT2D eigenvalue weighted by Gasteiger charge is -2.29. The van der Waals surface area contributed by atoms with Gasteiger partial charge in [0.15, 0.2) is 0 Å². The number of rotatable bonds is 14. The minimum atomic E-state index is 0.377. The third-order valence-electron chi connectivity index (χ3n) is 5.95. The molecule has 0 aromatic carbocycles. The van der Waals surface area contributed by atoms with Crippen molar-refractivity contribution in [2.75, 3.05) is 0 Å². The minimum Gasteiger partial charge on any atom is -0.507 e. The van der Waals surface area contributed by atoms with Crippen LogP contribution in [0.15, 0.2) is 22.5 Å². The zero-order valence-corrected chi connectivity index (χ0v) is 18.6. The Hall–Kier alpha value is -0.630. The maximum Gasteiger partial charge on any atom is 0.122 e. The molecular weight excluding hydrogens is 336 g/mol. The molecule has 0 amide bonds. The molecule has 0 aromatic heterocycles. The fourth-order valence-corrected chi connectivity index (χ4v) is 4.46. The molecular formula is C24H42OS. The molecule has 0 saturated heterocycles. The first-order chi connectivity index (χ1) is 12.5. The van der Waals surface area contributed by atoms with Crippen molar-refractivity contribution in [1.29, 1.82) is 0 Å². The van der Waals surface area contributed by atoms with Crippen molar-refractivity contribution in [2.45, 2.75) is 118 Å². The monoisotopic (exact) mass is 378 g/mol. The van der Waals surface area contributed by atoms with Crippen molar-refractivity contribution in [3.63, 3.8) is 0 Å². The summed E-state index contributed by atoms with van der Waals surface area (Å²) in [6.07, 6.45) is 17.9. The van der Waals surface area contributed by atoms with Crippen LogP contribution in [-0.4, -0.2) is 9.97 Å². The third kappa shape index (κ3) is 7.55. The van der Waals surface area contributed by atoms with Gasteiger partial charge in [-0.1, -0.05) is 102 Å².